The Labute approximate surface area is 156 Å². The highest BCUT2D eigenvalue weighted by molar-refractivity contribution is 9.10. The van der Waals surface area contributed by atoms with E-state index in [1.54, 1.807) is 0 Å². The van der Waals surface area contributed by atoms with E-state index in [-0.39, 0.29) is 40.7 Å². The fourth-order valence-electron chi connectivity index (χ4n) is 2.96. The summed E-state index contributed by atoms with van der Waals surface area (Å²) in [6.45, 7) is 9.41. The highest BCUT2D eigenvalue weighted by Gasteiger charge is 2.36. The summed E-state index contributed by atoms with van der Waals surface area (Å²) in [6, 6.07) is 1.30. The van der Waals surface area contributed by atoms with Gasteiger partial charge >= 0.3 is 0 Å². The summed E-state index contributed by atoms with van der Waals surface area (Å²) in [4.78, 5) is 2.20. The summed E-state index contributed by atoms with van der Waals surface area (Å²) in [5.41, 5.74) is 0.202. The first-order chi connectivity index (χ1) is 9.73. The molecule has 1 atom stereocenters. The van der Waals surface area contributed by atoms with Crippen LogP contribution in [0.2, 0.25) is 0 Å². The lowest BCUT2D eigenvalue weighted by Gasteiger charge is -2.42. The lowest BCUT2D eigenvalue weighted by molar-refractivity contribution is 0.0836. The normalized spacial score (nSPS) is 17.1. The summed E-state index contributed by atoms with van der Waals surface area (Å²) in [6.07, 6.45) is 0. The van der Waals surface area contributed by atoms with Crippen molar-refractivity contribution < 1.29 is 13.9 Å². The molecule has 0 amide bonds. The molecular weight excluding hydrogens is 413 g/mol. The monoisotopic (exact) mass is 434 g/mol. The average Bonchev–Trinajstić information content (AvgIpc) is 2.42. The van der Waals surface area contributed by atoms with Crippen molar-refractivity contribution in [3.05, 3.63) is 27.7 Å². The van der Waals surface area contributed by atoms with Gasteiger partial charge in [0.2, 0.25) is 5.82 Å². The molecule has 8 heteroatoms. The topological polar surface area (TPSA) is 35.5 Å². The third-order valence-electron chi connectivity index (χ3n) is 3.80. The van der Waals surface area contributed by atoms with E-state index < -0.39 is 17.4 Å². The van der Waals surface area contributed by atoms with Crippen molar-refractivity contribution in [3.63, 3.8) is 0 Å². The van der Waals surface area contributed by atoms with E-state index in [4.69, 9.17) is 0 Å². The lowest BCUT2D eigenvalue weighted by atomic mass is 9.80. The number of piperazine rings is 1. The number of nitrogens with one attached hydrogen (secondary N) is 1. The SMILES string of the molecule is CC(C)(C)[C@@H](c1cc(Br)c(F)c(F)c1O)N1CCNCC1.Cl.Cl. The molecular formula is C15H23BrCl2F2N2O. The number of phenols is 1. The van der Waals surface area contributed by atoms with Gasteiger partial charge in [0.25, 0.3) is 0 Å². The van der Waals surface area contributed by atoms with Crippen LogP contribution >= 0.6 is 40.7 Å². The summed E-state index contributed by atoms with van der Waals surface area (Å²) < 4.78 is 27.5. The lowest BCUT2D eigenvalue weighted by Crippen LogP contribution is -2.48. The zero-order valence-corrected chi connectivity index (χ0v) is 16.5. The highest BCUT2D eigenvalue weighted by atomic mass is 79.9. The Morgan fingerprint density at radius 1 is 1.17 bits per heavy atom. The van der Waals surface area contributed by atoms with Gasteiger partial charge in [0.05, 0.1) is 4.47 Å². The number of halogens is 5. The number of hydrogen-bond donors (Lipinski definition) is 2. The fourth-order valence-corrected chi connectivity index (χ4v) is 3.38. The molecule has 1 aliphatic heterocycles. The van der Waals surface area contributed by atoms with Crippen LogP contribution in [-0.4, -0.2) is 36.2 Å². The van der Waals surface area contributed by atoms with Crippen LogP contribution in [0.25, 0.3) is 0 Å². The highest BCUT2D eigenvalue weighted by Crippen LogP contribution is 2.44. The molecule has 0 radical (unpaired) electrons. The van der Waals surface area contributed by atoms with Crippen LogP contribution in [0.5, 0.6) is 5.75 Å². The summed E-state index contributed by atoms with van der Waals surface area (Å²) in [5, 5.41) is 13.4. The van der Waals surface area contributed by atoms with Crippen molar-refractivity contribution in [2.24, 2.45) is 5.41 Å². The molecule has 1 saturated heterocycles. The second-order valence-electron chi connectivity index (χ2n) is 6.48. The molecule has 0 spiro atoms. The van der Waals surface area contributed by atoms with Gasteiger partial charge in [-0.2, -0.15) is 4.39 Å². The Morgan fingerprint density at radius 2 is 1.70 bits per heavy atom. The minimum absolute atomic E-state index is 0. The van der Waals surface area contributed by atoms with Crippen LogP contribution in [0.1, 0.15) is 32.4 Å². The van der Waals surface area contributed by atoms with Crippen LogP contribution < -0.4 is 5.32 Å². The number of rotatable bonds is 2. The third-order valence-corrected chi connectivity index (χ3v) is 4.37. The standard InChI is InChI=1S/C15H21BrF2N2O.2ClH/c1-15(2,3)14(20-6-4-19-5-7-20)9-8-10(16)11(17)12(18)13(9)21;;/h8,14,19,21H,4-7H2,1-3H3;2*1H/t14-;;/m1../s1. The first-order valence-corrected chi connectivity index (χ1v) is 7.84. The van der Waals surface area contributed by atoms with Crippen molar-refractivity contribution in [2.45, 2.75) is 26.8 Å². The van der Waals surface area contributed by atoms with E-state index in [9.17, 15) is 13.9 Å². The smallest absolute Gasteiger partial charge is 0.201 e. The van der Waals surface area contributed by atoms with Crippen molar-refractivity contribution in [2.75, 3.05) is 26.2 Å². The van der Waals surface area contributed by atoms with Gasteiger partial charge in [-0.05, 0) is 27.4 Å². The largest absolute Gasteiger partial charge is 0.505 e. The molecule has 2 N–H and O–H groups in total. The van der Waals surface area contributed by atoms with Gasteiger partial charge in [-0.15, -0.1) is 24.8 Å². The van der Waals surface area contributed by atoms with E-state index in [0.29, 0.717) is 5.56 Å². The number of phenolic OH excluding ortho intramolecular Hbond substituents is 1. The number of hydrogen-bond acceptors (Lipinski definition) is 3. The quantitative estimate of drug-likeness (QED) is 0.681. The Morgan fingerprint density at radius 3 is 2.17 bits per heavy atom. The van der Waals surface area contributed by atoms with Crippen molar-refractivity contribution in [1.29, 1.82) is 0 Å². The molecule has 3 nitrogen and oxygen atoms in total. The Bertz CT molecular complexity index is 535. The maximum Gasteiger partial charge on any atom is 0.201 e. The van der Waals surface area contributed by atoms with E-state index in [1.165, 1.54) is 6.07 Å². The molecule has 1 aromatic rings. The minimum Gasteiger partial charge on any atom is -0.505 e. The third kappa shape index (κ3) is 4.92. The van der Waals surface area contributed by atoms with Crippen LogP contribution in [0, 0.1) is 17.0 Å². The van der Waals surface area contributed by atoms with Crippen LogP contribution in [0.4, 0.5) is 8.78 Å². The molecule has 1 fully saturated rings. The Hall–Kier alpha value is -0.140. The second kappa shape index (κ2) is 8.81. The van der Waals surface area contributed by atoms with Crippen molar-refractivity contribution in [3.8, 4) is 5.75 Å². The van der Waals surface area contributed by atoms with Gasteiger partial charge in [-0.3, -0.25) is 4.90 Å². The Kier molecular flexibility index (Phi) is 8.76. The summed E-state index contributed by atoms with van der Waals surface area (Å²) >= 11 is 3.03. The summed E-state index contributed by atoms with van der Waals surface area (Å²) in [5.74, 6) is -2.83. The van der Waals surface area contributed by atoms with Crippen molar-refractivity contribution in [1.82, 2.24) is 10.2 Å². The molecule has 23 heavy (non-hydrogen) atoms. The molecule has 0 aliphatic carbocycles. The molecule has 1 aliphatic rings. The van der Waals surface area contributed by atoms with E-state index in [1.807, 2.05) is 20.8 Å². The number of nitrogens with zero attached hydrogens (tertiary/aromatic N) is 1. The maximum atomic E-state index is 13.9. The molecule has 0 aromatic heterocycles. The number of aromatic hydroxyl groups is 1. The van der Waals surface area contributed by atoms with Crippen LogP contribution in [-0.2, 0) is 0 Å². The van der Waals surface area contributed by atoms with Crippen LogP contribution in [0.3, 0.4) is 0 Å². The predicted octanol–water partition coefficient (Wildman–Crippen LogP) is 4.27. The molecule has 0 unspecified atom stereocenters. The molecule has 0 bridgehead atoms. The molecule has 0 saturated carbocycles. The van der Waals surface area contributed by atoms with Gasteiger partial charge in [-0.1, -0.05) is 20.8 Å². The molecule has 134 valence electrons. The zero-order chi connectivity index (χ0) is 15.8. The maximum absolute atomic E-state index is 13.9. The summed E-state index contributed by atoms with van der Waals surface area (Å²) in [7, 11) is 0. The molecule has 1 aromatic carbocycles. The Balaban J connectivity index is 0.00000242. The van der Waals surface area contributed by atoms with Gasteiger partial charge in [0.15, 0.2) is 11.6 Å². The van der Waals surface area contributed by atoms with Crippen LogP contribution in [0.15, 0.2) is 10.5 Å². The molecule has 1 heterocycles. The van der Waals surface area contributed by atoms with Gasteiger partial charge in [0.1, 0.15) is 0 Å². The molecule has 2 rings (SSSR count). The van der Waals surface area contributed by atoms with E-state index in [2.05, 4.69) is 26.1 Å². The van der Waals surface area contributed by atoms with E-state index >= 15 is 0 Å². The second-order valence-corrected chi connectivity index (χ2v) is 7.33. The predicted molar refractivity (Wildman–Crippen MR) is 96.9 cm³/mol. The number of benzene rings is 1. The zero-order valence-electron chi connectivity index (χ0n) is 13.3. The van der Waals surface area contributed by atoms with Crippen molar-refractivity contribution >= 4 is 40.7 Å². The van der Waals surface area contributed by atoms with Gasteiger partial charge in [0, 0.05) is 37.8 Å². The van der Waals surface area contributed by atoms with Gasteiger partial charge < -0.3 is 10.4 Å². The first-order valence-electron chi connectivity index (χ1n) is 7.04. The van der Waals surface area contributed by atoms with E-state index in [0.717, 1.165) is 26.2 Å². The minimum atomic E-state index is -1.19. The average molecular weight is 436 g/mol. The fraction of sp³-hybridized carbons (Fsp3) is 0.600. The van der Waals surface area contributed by atoms with Gasteiger partial charge in [-0.25, -0.2) is 4.39 Å². The first kappa shape index (κ1) is 22.9.